The van der Waals surface area contributed by atoms with E-state index in [1.165, 1.54) is 25.0 Å². The standard InChI is InChI=1S/C27H33FN4O2/c1-19-11-15-31(16-12-19)14-6-13-30(2)27(33)32-26(20-7-4-3-5-8-20)23-18-34-24-10-9-21(28)17-22(24)25(23)29-32/h3-5,7-10,17,19,23,26H,6,11-16,18H2,1-2H3. The predicted molar refractivity (Wildman–Crippen MR) is 130 cm³/mol. The molecule has 1 fully saturated rings. The first kappa shape index (κ1) is 22.8. The van der Waals surface area contributed by atoms with Crippen molar-refractivity contribution in [2.45, 2.75) is 32.2 Å². The number of fused-ring (bicyclic) bond motifs is 3. The number of amides is 2. The van der Waals surface area contributed by atoms with Gasteiger partial charge in [0.1, 0.15) is 11.6 Å². The molecule has 0 radical (unpaired) electrons. The smallest absolute Gasteiger partial charge is 0.340 e. The van der Waals surface area contributed by atoms with Crippen molar-refractivity contribution >= 4 is 11.7 Å². The zero-order chi connectivity index (χ0) is 23.7. The SMILES string of the molecule is CC1CCN(CCCN(C)C(=O)N2N=C3c4cc(F)ccc4OCC3C2c2ccccc2)CC1. The third kappa shape index (κ3) is 4.53. The summed E-state index contributed by atoms with van der Waals surface area (Å²) in [6.45, 7) is 6.68. The fraction of sp³-hybridized carbons (Fsp3) is 0.481. The molecular weight excluding hydrogens is 431 g/mol. The zero-order valence-electron chi connectivity index (χ0n) is 20.0. The summed E-state index contributed by atoms with van der Waals surface area (Å²) in [6.07, 6.45) is 3.44. The lowest BCUT2D eigenvalue weighted by Crippen LogP contribution is -2.42. The molecule has 3 heterocycles. The molecule has 0 spiro atoms. The maximum absolute atomic E-state index is 14.1. The Morgan fingerprint density at radius 3 is 2.71 bits per heavy atom. The first-order valence-electron chi connectivity index (χ1n) is 12.3. The van der Waals surface area contributed by atoms with Gasteiger partial charge in [-0.05, 0) is 68.6 Å². The highest BCUT2D eigenvalue weighted by atomic mass is 19.1. The molecule has 6 nitrogen and oxygen atoms in total. The highest BCUT2D eigenvalue weighted by Gasteiger charge is 2.45. The molecular formula is C27H33FN4O2. The summed E-state index contributed by atoms with van der Waals surface area (Å²) in [4.78, 5) is 17.9. The number of hydrogen-bond acceptors (Lipinski definition) is 4. The minimum Gasteiger partial charge on any atom is -0.492 e. The molecule has 5 rings (SSSR count). The van der Waals surface area contributed by atoms with E-state index in [1.54, 1.807) is 16.0 Å². The van der Waals surface area contributed by atoms with Gasteiger partial charge in [0.05, 0.1) is 24.3 Å². The van der Waals surface area contributed by atoms with E-state index in [1.807, 2.05) is 37.4 Å². The molecule has 0 N–H and O–H groups in total. The van der Waals surface area contributed by atoms with Crippen LogP contribution in [0, 0.1) is 17.7 Å². The normalized spacial score (nSPS) is 22.6. The van der Waals surface area contributed by atoms with Crippen molar-refractivity contribution in [1.82, 2.24) is 14.8 Å². The van der Waals surface area contributed by atoms with Gasteiger partial charge in [0, 0.05) is 19.2 Å². The van der Waals surface area contributed by atoms with Crippen molar-refractivity contribution in [2.24, 2.45) is 16.9 Å². The van der Waals surface area contributed by atoms with E-state index in [-0.39, 0.29) is 23.8 Å². The number of carbonyl (C=O) groups excluding carboxylic acids is 1. The fourth-order valence-electron chi connectivity index (χ4n) is 5.28. The van der Waals surface area contributed by atoms with E-state index < -0.39 is 0 Å². The molecule has 2 aromatic carbocycles. The highest BCUT2D eigenvalue weighted by molar-refractivity contribution is 6.07. The summed E-state index contributed by atoms with van der Waals surface area (Å²) in [7, 11) is 1.84. The summed E-state index contributed by atoms with van der Waals surface area (Å²) >= 11 is 0. The van der Waals surface area contributed by atoms with Crippen LogP contribution in [0.15, 0.2) is 53.6 Å². The average Bonchev–Trinajstić information content (AvgIpc) is 3.25. The van der Waals surface area contributed by atoms with Gasteiger partial charge in [-0.1, -0.05) is 37.3 Å². The Morgan fingerprint density at radius 1 is 1.18 bits per heavy atom. The number of hydrogen-bond donors (Lipinski definition) is 0. The van der Waals surface area contributed by atoms with Crippen molar-refractivity contribution in [1.29, 1.82) is 0 Å². The van der Waals surface area contributed by atoms with Crippen LogP contribution in [0.4, 0.5) is 9.18 Å². The van der Waals surface area contributed by atoms with Crippen LogP contribution in [-0.2, 0) is 0 Å². The number of ether oxygens (including phenoxy) is 1. The maximum Gasteiger partial charge on any atom is 0.340 e. The summed E-state index contributed by atoms with van der Waals surface area (Å²) < 4.78 is 20.0. The third-order valence-electron chi connectivity index (χ3n) is 7.36. The number of rotatable bonds is 5. The van der Waals surface area contributed by atoms with Crippen molar-refractivity contribution in [3.8, 4) is 5.75 Å². The quantitative estimate of drug-likeness (QED) is 0.641. The Hall–Kier alpha value is -2.93. The third-order valence-corrected chi connectivity index (χ3v) is 7.36. The predicted octanol–water partition coefficient (Wildman–Crippen LogP) is 4.77. The Bertz CT molecular complexity index is 1050. The van der Waals surface area contributed by atoms with E-state index in [0.717, 1.165) is 43.2 Å². The molecule has 2 aromatic rings. The molecule has 34 heavy (non-hydrogen) atoms. The molecule has 1 saturated heterocycles. The number of benzene rings is 2. The summed E-state index contributed by atoms with van der Waals surface area (Å²) in [6, 6.07) is 14.0. The molecule has 2 unspecified atom stereocenters. The van der Waals surface area contributed by atoms with Gasteiger partial charge in [-0.2, -0.15) is 5.10 Å². The van der Waals surface area contributed by atoms with Crippen LogP contribution in [-0.4, -0.2) is 66.4 Å². The lowest BCUT2D eigenvalue weighted by Gasteiger charge is -2.32. The number of likely N-dealkylation sites (tertiary alicyclic amines) is 1. The van der Waals surface area contributed by atoms with E-state index in [9.17, 15) is 9.18 Å². The van der Waals surface area contributed by atoms with Gasteiger partial charge in [-0.15, -0.1) is 0 Å². The maximum atomic E-state index is 14.1. The van der Waals surface area contributed by atoms with Crippen molar-refractivity contribution in [3.05, 3.63) is 65.5 Å². The number of urea groups is 1. The Labute approximate surface area is 201 Å². The van der Waals surface area contributed by atoms with Gasteiger partial charge in [-0.3, -0.25) is 0 Å². The minimum atomic E-state index is -0.337. The van der Waals surface area contributed by atoms with Crippen LogP contribution in [0.1, 0.15) is 43.4 Å². The lowest BCUT2D eigenvalue weighted by molar-refractivity contribution is 0.130. The topological polar surface area (TPSA) is 48.4 Å². The van der Waals surface area contributed by atoms with E-state index in [0.29, 0.717) is 24.5 Å². The number of piperidine rings is 1. The van der Waals surface area contributed by atoms with E-state index >= 15 is 0 Å². The van der Waals surface area contributed by atoms with Crippen molar-refractivity contribution < 1.29 is 13.9 Å². The number of hydrazone groups is 1. The summed E-state index contributed by atoms with van der Waals surface area (Å²) in [5.41, 5.74) is 2.35. The van der Waals surface area contributed by atoms with Crippen LogP contribution in [0.2, 0.25) is 0 Å². The zero-order valence-corrected chi connectivity index (χ0v) is 20.0. The number of halogens is 1. The Balaban J connectivity index is 1.34. The Morgan fingerprint density at radius 2 is 1.94 bits per heavy atom. The molecule has 0 aromatic heterocycles. The van der Waals surface area contributed by atoms with Gasteiger partial charge in [0.25, 0.3) is 0 Å². The molecule has 3 aliphatic rings. The monoisotopic (exact) mass is 464 g/mol. The molecule has 7 heteroatoms. The molecule has 180 valence electrons. The van der Waals surface area contributed by atoms with Crippen LogP contribution < -0.4 is 4.74 Å². The van der Waals surface area contributed by atoms with Crippen LogP contribution >= 0.6 is 0 Å². The first-order chi connectivity index (χ1) is 16.5. The van der Waals surface area contributed by atoms with E-state index in [2.05, 4.69) is 11.8 Å². The van der Waals surface area contributed by atoms with Gasteiger partial charge in [0.2, 0.25) is 0 Å². The summed E-state index contributed by atoms with van der Waals surface area (Å²) in [5.74, 6) is 0.942. The van der Waals surface area contributed by atoms with Gasteiger partial charge in [-0.25, -0.2) is 14.2 Å². The van der Waals surface area contributed by atoms with Crippen molar-refractivity contribution in [2.75, 3.05) is 39.8 Å². The molecule has 0 bridgehead atoms. The molecule has 0 aliphatic carbocycles. The molecule has 3 aliphatic heterocycles. The summed E-state index contributed by atoms with van der Waals surface area (Å²) in [5, 5.41) is 6.36. The van der Waals surface area contributed by atoms with Gasteiger partial charge in [0.15, 0.2) is 0 Å². The second kappa shape index (κ2) is 9.74. The largest absolute Gasteiger partial charge is 0.492 e. The van der Waals surface area contributed by atoms with Crippen LogP contribution in [0.3, 0.4) is 0 Å². The first-order valence-corrected chi connectivity index (χ1v) is 12.3. The van der Waals surface area contributed by atoms with Gasteiger partial charge >= 0.3 is 6.03 Å². The lowest BCUT2D eigenvalue weighted by atomic mass is 9.86. The molecule has 2 amide bonds. The van der Waals surface area contributed by atoms with Crippen molar-refractivity contribution in [3.63, 3.8) is 0 Å². The highest BCUT2D eigenvalue weighted by Crippen LogP contribution is 2.43. The molecule has 0 saturated carbocycles. The second-order valence-corrected chi connectivity index (χ2v) is 9.83. The molecule has 2 atom stereocenters. The second-order valence-electron chi connectivity index (χ2n) is 9.83. The van der Waals surface area contributed by atoms with Gasteiger partial charge < -0.3 is 14.5 Å². The number of carbonyl (C=O) groups is 1. The minimum absolute atomic E-state index is 0.138. The fourth-order valence-corrected chi connectivity index (χ4v) is 5.28. The van der Waals surface area contributed by atoms with E-state index in [4.69, 9.17) is 9.84 Å². The van der Waals surface area contributed by atoms with Crippen LogP contribution in [0.5, 0.6) is 5.75 Å². The Kier molecular flexibility index (Phi) is 6.55. The van der Waals surface area contributed by atoms with Crippen LogP contribution in [0.25, 0.3) is 0 Å². The number of nitrogens with zero attached hydrogens (tertiary/aromatic N) is 4. The average molecular weight is 465 g/mol.